The van der Waals surface area contributed by atoms with Crippen LogP contribution in [0, 0.1) is 6.92 Å². The molecule has 0 spiro atoms. The van der Waals surface area contributed by atoms with Crippen LogP contribution in [0.2, 0.25) is 0 Å². The lowest BCUT2D eigenvalue weighted by molar-refractivity contribution is -0.113. The lowest BCUT2D eigenvalue weighted by Crippen LogP contribution is -2.15. The predicted molar refractivity (Wildman–Crippen MR) is 111 cm³/mol. The normalized spacial score (nSPS) is 10.7. The van der Waals surface area contributed by atoms with E-state index in [4.69, 9.17) is 0 Å². The monoisotopic (exact) mass is 381 g/mol. The molecular formula is C20H23N5OS. The Bertz CT molecular complexity index is 934. The molecule has 2 aromatic carbocycles. The maximum Gasteiger partial charge on any atom is 0.234 e. The second-order valence-electron chi connectivity index (χ2n) is 6.46. The van der Waals surface area contributed by atoms with Gasteiger partial charge in [-0.25, -0.2) is 0 Å². The van der Waals surface area contributed by atoms with Crippen LogP contribution in [-0.2, 0) is 11.8 Å². The summed E-state index contributed by atoms with van der Waals surface area (Å²) >= 11 is 1.37. The molecule has 1 N–H and O–H groups in total. The van der Waals surface area contributed by atoms with Gasteiger partial charge < -0.3 is 14.8 Å². The molecule has 0 fully saturated rings. The minimum absolute atomic E-state index is 0.0713. The van der Waals surface area contributed by atoms with Gasteiger partial charge in [0.25, 0.3) is 0 Å². The molecule has 0 aliphatic carbocycles. The Labute approximate surface area is 163 Å². The highest BCUT2D eigenvalue weighted by Crippen LogP contribution is 2.25. The van der Waals surface area contributed by atoms with Gasteiger partial charge in [0.15, 0.2) is 11.0 Å². The Morgan fingerprint density at radius 2 is 1.81 bits per heavy atom. The predicted octanol–water partition coefficient (Wildman–Crippen LogP) is 3.59. The number of nitrogens with zero attached hydrogens (tertiary/aromatic N) is 4. The van der Waals surface area contributed by atoms with Gasteiger partial charge >= 0.3 is 0 Å². The molecule has 0 aliphatic heterocycles. The zero-order chi connectivity index (χ0) is 19.4. The first-order valence-electron chi connectivity index (χ1n) is 8.61. The summed E-state index contributed by atoms with van der Waals surface area (Å²) in [6.45, 7) is 2.05. The molecule has 0 saturated heterocycles. The first kappa shape index (κ1) is 19.0. The van der Waals surface area contributed by atoms with E-state index in [1.165, 1.54) is 11.8 Å². The molecule has 3 rings (SSSR count). The Hall–Kier alpha value is -2.80. The second kappa shape index (κ2) is 8.26. The highest BCUT2D eigenvalue weighted by atomic mass is 32.2. The second-order valence-corrected chi connectivity index (χ2v) is 7.40. The minimum atomic E-state index is -0.0713. The lowest BCUT2D eigenvalue weighted by Gasteiger charge is -2.13. The topological polar surface area (TPSA) is 63.1 Å². The first-order valence-corrected chi connectivity index (χ1v) is 9.59. The number of anilines is 2. The lowest BCUT2D eigenvalue weighted by atomic mass is 10.1. The van der Waals surface area contributed by atoms with Crippen molar-refractivity contribution in [3.63, 3.8) is 0 Å². The summed E-state index contributed by atoms with van der Waals surface area (Å²) in [6.07, 6.45) is 0. The minimum Gasteiger partial charge on any atom is -0.378 e. The zero-order valence-electron chi connectivity index (χ0n) is 15.9. The number of aryl methyl sites for hydroxylation is 1. The van der Waals surface area contributed by atoms with Crippen molar-refractivity contribution in [2.75, 3.05) is 30.1 Å². The van der Waals surface area contributed by atoms with E-state index >= 15 is 0 Å². The van der Waals surface area contributed by atoms with Gasteiger partial charge in [0, 0.05) is 38.1 Å². The molecule has 0 unspecified atom stereocenters. The van der Waals surface area contributed by atoms with Gasteiger partial charge in [-0.1, -0.05) is 36.0 Å². The zero-order valence-corrected chi connectivity index (χ0v) is 16.7. The van der Waals surface area contributed by atoms with Crippen LogP contribution >= 0.6 is 11.8 Å². The summed E-state index contributed by atoms with van der Waals surface area (Å²) in [6, 6.07) is 15.8. The number of carbonyl (C=O) groups is 1. The fourth-order valence-electron chi connectivity index (χ4n) is 2.67. The number of benzene rings is 2. The third-order valence-electron chi connectivity index (χ3n) is 4.22. The van der Waals surface area contributed by atoms with Crippen molar-refractivity contribution in [3.05, 3.63) is 54.1 Å². The number of carbonyl (C=O) groups excluding carboxylic acids is 1. The van der Waals surface area contributed by atoms with E-state index in [2.05, 4.69) is 15.5 Å². The molecule has 0 atom stereocenters. The Morgan fingerprint density at radius 3 is 2.48 bits per heavy atom. The van der Waals surface area contributed by atoms with Crippen LogP contribution in [0.3, 0.4) is 0 Å². The van der Waals surface area contributed by atoms with E-state index in [1.54, 1.807) is 0 Å². The molecule has 1 aromatic heterocycles. The average molecular weight is 382 g/mol. The summed E-state index contributed by atoms with van der Waals surface area (Å²) in [5, 5.41) is 12.1. The molecule has 7 heteroatoms. The molecule has 6 nitrogen and oxygen atoms in total. The van der Waals surface area contributed by atoms with Crippen LogP contribution < -0.4 is 10.2 Å². The maximum atomic E-state index is 12.2. The summed E-state index contributed by atoms with van der Waals surface area (Å²) < 4.78 is 1.92. The van der Waals surface area contributed by atoms with Crippen LogP contribution in [0.15, 0.2) is 53.7 Å². The van der Waals surface area contributed by atoms with E-state index in [-0.39, 0.29) is 11.7 Å². The average Bonchev–Trinajstić information content (AvgIpc) is 3.01. The van der Waals surface area contributed by atoms with Crippen LogP contribution in [0.25, 0.3) is 11.4 Å². The first-order chi connectivity index (χ1) is 13.0. The van der Waals surface area contributed by atoms with Gasteiger partial charge in [-0.3, -0.25) is 4.79 Å². The Morgan fingerprint density at radius 1 is 1.11 bits per heavy atom. The maximum absolute atomic E-state index is 12.2. The highest BCUT2D eigenvalue weighted by Gasteiger charge is 2.14. The van der Waals surface area contributed by atoms with Crippen molar-refractivity contribution >= 4 is 29.0 Å². The number of nitrogens with one attached hydrogen (secondary N) is 1. The highest BCUT2D eigenvalue weighted by molar-refractivity contribution is 7.99. The van der Waals surface area contributed by atoms with Gasteiger partial charge in [0.05, 0.1) is 5.75 Å². The standard InChI is InChI=1S/C20H23N5OS/c1-14-7-5-6-8-17(14)19-22-23-20(25(19)4)27-13-18(26)21-15-9-11-16(12-10-15)24(2)3/h5-12H,13H2,1-4H3,(H,21,26). The van der Waals surface area contributed by atoms with Crippen LogP contribution in [0.1, 0.15) is 5.56 Å². The van der Waals surface area contributed by atoms with Gasteiger partial charge in [0.2, 0.25) is 5.91 Å². The van der Waals surface area contributed by atoms with Crippen LogP contribution in [-0.4, -0.2) is 40.5 Å². The third-order valence-corrected chi connectivity index (χ3v) is 5.24. The van der Waals surface area contributed by atoms with Crippen molar-refractivity contribution in [1.29, 1.82) is 0 Å². The molecule has 3 aromatic rings. The summed E-state index contributed by atoms with van der Waals surface area (Å²) in [7, 11) is 5.88. The number of amides is 1. The van der Waals surface area contributed by atoms with Crippen molar-refractivity contribution in [2.45, 2.75) is 12.1 Å². The molecule has 0 aliphatic rings. The molecule has 0 saturated carbocycles. The number of thioether (sulfide) groups is 1. The third kappa shape index (κ3) is 4.49. The number of hydrogen-bond acceptors (Lipinski definition) is 5. The van der Waals surface area contributed by atoms with E-state index in [9.17, 15) is 4.79 Å². The van der Waals surface area contributed by atoms with Crippen molar-refractivity contribution in [2.24, 2.45) is 7.05 Å². The summed E-state index contributed by atoms with van der Waals surface area (Å²) in [4.78, 5) is 14.3. The molecule has 1 amide bonds. The number of aromatic nitrogens is 3. The fourth-order valence-corrected chi connectivity index (χ4v) is 3.38. The largest absolute Gasteiger partial charge is 0.378 e. The summed E-state index contributed by atoms with van der Waals surface area (Å²) in [5.41, 5.74) is 4.06. The molecule has 140 valence electrons. The number of hydrogen-bond donors (Lipinski definition) is 1. The molecule has 0 bridgehead atoms. The number of rotatable bonds is 6. The Kier molecular flexibility index (Phi) is 5.81. The Balaban J connectivity index is 1.62. The van der Waals surface area contributed by atoms with Crippen LogP contribution in [0.4, 0.5) is 11.4 Å². The van der Waals surface area contributed by atoms with E-state index < -0.39 is 0 Å². The van der Waals surface area contributed by atoms with Crippen molar-refractivity contribution in [3.8, 4) is 11.4 Å². The van der Waals surface area contributed by atoms with Gasteiger partial charge in [-0.15, -0.1) is 10.2 Å². The van der Waals surface area contributed by atoms with Crippen molar-refractivity contribution in [1.82, 2.24) is 14.8 Å². The smallest absolute Gasteiger partial charge is 0.234 e. The summed E-state index contributed by atoms with van der Waals surface area (Å²) in [5.74, 6) is 1.00. The van der Waals surface area contributed by atoms with E-state index in [0.717, 1.165) is 28.3 Å². The van der Waals surface area contributed by atoms with Gasteiger partial charge in [0.1, 0.15) is 0 Å². The molecule has 0 radical (unpaired) electrons. The fraction of sp³-hybridized carbons (Fsp3) is 0.250. The van der Waals surface area contributed by atoms with Crippen molar-refractivity contribution < 1.29 is 4.79 Å². The quantitative estimate of drug-likeness (QED) is 0.661. The van der Waals surface area contributed by atoms with Gasteiger partial charge in [-0.2, -0.15) is 0 Å². The molecule has 27 heavy (non-hydrogen) atoms. The molecule has 1 heterocycles. The van der Waals surface area contributed by atoms with E-state index in [0.29, 0.717) is 5.16 Å². The SMILES string of the molecule is Cc1ccccc1-c1nnc(SCC(=O)Nc2ccc(N(C)C)cc2)n1C. The van der Waals surface area contributed by atoms with Gasteiger partial charge in [-0.05, 0) is 36.8 Å². The van der Waals surface area contributed by atoms with E-state index in [1.807, 2.05) is 86.1 Å². The molecular weight excluding hydrogens is 358 g/mol. The van der Waals surface area contributed by atoms with Crippen LogP contribution in [0.5, 0.6) is 0 Å².